The van der Waals surface area contributed by atoms with Crippen molar-refractivity contribution in [3.8, 4) is 5.75 Å². The quantitative estimate of drug-likeness (QED) is 0.763. The van der Waals surface area contributed by atoms with Crippen molar-refractivity contribution in [2.24, 2.45) is 0 Å². The van der Waals surface area contributed by atoms with Crippen LogP contribution in [-0.2, 0) is 4.79 Å². The van der Waals surface area contributed by atoms with E-state index < -0.39 is 5.97 Å². The Hall–Kier alpha value is -1.55. The number of rotatable bonds is 7. The predicted molar refractivity (Wildman–Crippen MR) is 66.3 cm³/mol. The minimum atomic E-state index is -0.785. The molecule has 0 aliphatic carbocycles. The Labute approximate surface area is 102 Å². The summed E-state index contributed by atoms with van der Waals surface area (Å²) in [5, 5.41) is 11.8. The topological polar surface area (TPSA) is 58.6 Å². The van der Waals surface area contributed by atoms with Crippen molar-refractivity contribution in [2.45, 2.75) is 25.8 Å². The first kappa shape index (κ1) is 13.5. The molecule has 0 spiro atoms. The van der Waals surface area contributed by atoms with Crippen LogP contribution in [0.3, 0.4) is 0 Å². The highest BCUT2D eigenvalue weighted by atomic mass is 16.5. The van der Waals surface area contributed by atoms with Crippen LogP contribution >= 0.6 is 0 Å². The van der Waals surface area contributed by atoms with Crippen molar-refractivity contribution < 1.29 is 14.6 Å². The Bertz CT molecular complexity index is 365. The number of hydrogen-bond donors (Lipinski definition) is 2. The molecule has 0 radical (unpaired) electrons. The molecule has 0 aliphatic heterocycles. The van der Waals surface area contributed by atoms with Crippen LogP contribution in [0.1, 0.15) is 31.4 Å². The third-order valence-electron chi connectivity index (χ3n) is 2.65. The van der Waals surface area contributed by atoms with Gasteiger partial charge in [0.1, 0.15) is 5.75 Å². The van der Waals surface area contributed by atoms with Crippen LogP contribution in [0.4, 0.5) is 0 Å². The second-order valence-corrected chi connectivity index (χ2v) is 3.80. The zero-order valence-electron chi connectivity index (χ0n) is 10.3. The molecule has 1 unspecified atom stereocenters. The number of para-hydroxylation sites is 1. The SMILES string of the molecule is CCC(NCCC(=O)O)c1ccccc1OC. The number of carboxylic acid groups (broad SMARTS) is 1. The van der Waals surface area contributed by atoms with Gasteiger partial charge in [0.2, 0.25) is 0 Å². The zero-order valence-corrected chi connectivity index (χ0v) is 10.3. The summed E-state index contributed by atoms with van der Waals surface area (Å²) in [6, 6.07) is 7.93. The average molecular weight is 237 g/mol. The molecule has 1 rings (SSSR count). The van der Waals surface area contributed by atoms with E-state index >= 15 is 0 Å². The van der Waals surface area contributed by atoms with E-state index in [1.807, 2.05) is 24.3 Å². The molecule has 0 heterocycles. The van der Waals surface area contributed by atoms with Crippen LogP contribution in [0.5, 0.6) is 5.75 Å². The number of aliphatic carboxylic acids is 1. The van der Waals surface area contributed by atoms with Gasteiger partial charge in [-0.25, -0.2) is 0 Å². The summed E-state index contributed by atoms with van der Waals surface area (Å²) >= 11 is 0. The van der Waals surface area contributed by atoms with Crippen LogP contribution in [0.2, 0.25) is 0 Å². The Morgan fingerprint density at radius 3 is 2.76 bits per heavy atom. The molecule has 1 atom stereocenters. The fourth-order valence-corrected chi connectivity index (χ4v) is 1.78. The Morgan fingerprint density at radius 1 is 1.47 bits per heavy atom. The molecular weight excluding hydrogens is 218 g/mol. The lowest BCUT2D eigenvalue weighted by atomic mass is 10.0. The van der Waals surface area contributed by atoms with E-state index in [-0.39, 0.29) is 12.5 Å². The molecule has 0 bridgehead atoms. The molecule has 0 amide bonds. The second kappa shape index (κ2) is 6.91. The maximum Gasteiger partial charge on any atom is 0.304 e. The van der Waals surface area contributed by atoms with E-state index in [1.54, 1.807) is 7.11 Å². The average Bonchev–Trinajstić information content (AvgIpc) is 2.34. The highest BCUT2D eigenvalue weighted by Gasteiger charge is 2.13. The number of ether oxygens (including phenoxy) is 1. The largest absolute Gasteiger partial charge is 0.496 e. The summed E-state index contributed by atoms with van der Waals surface area (Å²) in [7, 11) is 1.64. The van der Waals surface area contributed by atoms with Crippen LogP contribution in [0, 0.1) is 0 Å². The Kier molecular flexibility index (Phi) is 5.49. The Balaban J connectivity index is 2.68. The minimum absolute atomic E-state index is 0.130. The van der Waals surface area contributed by atoms with Gasteiger partial charge < -0.3 is 15.2 Å². The maximum absolute atomic E-state index is 10.5. The van der Waals surface area contributed by atoms with Crippen LogP contribution in [0.15, 0.2) is 24.3 Å². The standard InChI is InChI=1S/C13H19NO3/c1-3-11(14-9-8-13(15)16)10-6-4-5-7-12(10)17-2/h4-7,11,14H,3,8-9H2,1-2H3,(H,15,16). The number of carbonyl (C=O) groups is 1. The first-order chi connectivity index (χ1) is 8.19. The normalized spacial score (nSPS) is 12.1. The summed E-state index contributed by atoms with van der Waals surface area (Å²) < 4.78 is 5.30. The first-order valence-electron chi connectivity index (χ1n) is 5.77. The van der Waals surface area contributed by atoms with Gasteiger partial charge in [-0.3, -0.25) is 4.79 Å². The molecule has 1 aromatic carbocycles. The molecular formula is C13H19NO3. The molecule has 0 saturated heterocycles. The Morgan fingerprint density at radius 2 is 2.18 bits per heavy atom. The second-order valence-electron chi connectivity index (χ2n) is 3.80. The van der Waals surface area contributed by atoms with Gasteiger partial charge >= 0.3 is 5.97 Å². The number of carboxylic acids is 1. The van der Waals surface area contributed by atoms with E-state index in [1.165, 1.54) is 0 Å². The van der Waals surface area contributed by atoms with Crippen molar-refractivity contribution in [1.29, 1.82) is 0 Å². The lowest BCUT2D eigenvalue weighted by Crippen LogP contribution is -2.24. The van der Waals surface area contributed by atoms with E-state index in [4.69, 9.17) is 9.84 Å². The summed E-state index contributed by atoms with van der Waals surface area (Å²) in [5.41, 5.74) is 1.07. The van der Waals surface area contributed by atoms with E-state index in [2.05, 4.69) is 12.2 Å². The zero-order chi connectivity index (χ0) is 12.7. The molecule has 2 N–H and O–H groups in total. The highest BCUT2D eigenvalue weighted by Crippen LogP contribution is 2.26. The van der Waals surface area contributed by atoms with Crippen molar-refractivity contribution in [2.75, 3.05) is 13.7 Å². The molecule has 94 valence electrons. The van der Waals surface area contributed by atoms with Crippen molar-refractivity contribution in [3.05, 3.63) is 29.8 Å². The van der Waals surface area contributed by atoms with E-state index in [0.29, 0.717) is 6.54 Å². The van der Waals surface area contributed by atoms with Crippen LogP contribution in [0.25, 0.3) is 0 Å². The number of methoxy groups -OCH3 is 1. The summed E-state index contributed by atoms with van der Waals surface area (Å²) in [5.74, 6) is 0.0505. The number of nitrogens with one attached hydrogen (secondary N) is 1. The van der Waals surface area contributed by atoms with Gasteiger partial charge in [0.05, 0.1) is 13.5 Å². The molecule has 0 aromatic heterocycles. The molecule has 4 heteroatoms. The van der Waals surface area contributed by atoms with Crippen molar-refractivity contribution in [1.82, 2.24) is 5.32 Å². The molecule has 17 heavy (non-hydrogen) atoms. The molecule has 0 saturated carbocycles. The lowest BCUT2D eigenvalue weighted by molar-refractivity contribution is -0.136. The fourth-order valence-electron chi connectivity index (χ4n) is 1.78. The van der Waals surface area contributed by atoms with Crippen LogP contribution < -0.4 is 10.1 Å². The van der Waals surface area contributed by atoms with Gasteiger partial charge in [-0.05, 0) is 12.5 Å². The molecule has 1 aromatic rings. The highest BCUT2D eigenvalue weighted by molar-refractivity contribution is 5.66. The third kappa shape index (κ3) is 4.07. The van der Waals surface area contributed by atoms with E-state index in [9.17, 15) is 4.79 Å². The van der Waals surface area contributed by atoms with Gasteiger partial charge in [-0.1, -0.05) is 25.1 Å². The maximum atomic E-state index is 10.5. The van der Waals surface area contributed by atoms with Crippen LogP contribution in [-0.4, -0.2) is 24.7 Å². The third-order valence-corrected chi connectivity index (χ3v) is 2.65. The summed E-state index contributed by atoms with van der Waals surface area (Å²) in [4.78, 5) is 10.5. The monoisotopic (exact) mass is 237 g/mol. The van der Waals surface area contributed by atoms with Gasteiger partial charge in [0, 0.05) is 18.2 Å². The van der Waals surface area contributed by atoms with Crippen molar-refractivity contribution in [3.63, 3.8) is 0 Å². The fraction of sp³-hybridized carbons (Fsp3) is 0.462. The van der Waals surface area contributed by atoms with Gasteiger partial charge in [-0.2, -0.15) is 0 Å². The molecule has 0 fully saturated rings. The molecule has 0 aliphatic rings. The van der Waals surface area contributed by atoms with E-state index in [0.717, 1.165) is 17.7 Å². The van der Waals surface area contributed by atoms with Gasteiger partial charge in [0.25, 0.3) is 0 Å². The van der Waals surface area contributed by atoms with Gasteiger partial charge in [0.15, 0.2) is 0 Å². The number of benzene rings is 1. The van der Waals surface area contributed by atoms with Gasteiger partial charge in [-0.15, -0.1) is 0 Å². The minimum Gasteiger partial charge on any atom is -0.496 e. The van der Waals surface area contributed by atoms with Crippen molar-refractivity contribution >= 4 is 5.97 Å². The summed E-state index contributed by atoms with van der Waals surface area (Å²) in [6.45, 7) is 2.52. The smallest absolute Gasteiger partial charge is 0.304 e. The summed E-state index contributed by atoms with van der Waals surface area (Å²) in [6.07, 6.45) is 1.02. The first-order valence-corrected chi connectivity index (χ1v) is 5.77. The lowest BCUT2D eigenvalue weighted by Gasteiger charge is -2.19. The number of hydrogen-bond acceptors (Lipinski definition) is 3. The predicted octanol–water partition coefficient (Wildman–Crippen LogP) is 2.21. The molecule has 4 nitrogen and oxygen atoms in total.